The second-order valence-corrected chi connectivity index (χ2v) is 4.91. The van der Waals surface area contributed by atoms with Crippen molar-refractivity contribution in [1.82, 2.24) is 9.97 Å². The van der Waals surface area contributed by atoms with Gasteiger partial charge in [0.2, 0.25) is 13.9 Å². The predicted octanol–water partition coefficient (Wildman–Crippen LogP) is -2.02. The van der Waals surface area contributed by atoms with E-state index in [0.29, 0.717) is 18.2 Å². The van der Waals surface area contributed by atoms with Crippen LogP contribution >= 0.6 is 0 Å². The van der Waals surface area contributed by atoms with Crippen LogP contribution in [0.25, 0.3) is 0 Å². The fraction of sp³-hybridized carbons (Fsp3) is 0.600. The molecule has 8 nitrogen and oxygen atoms in total. The van der Waals surface area contributed by atoms with E-state index in [9.17, 15) is 4.79 Å². The smallest absolute Gasteiger partial charge is 0.276 e. The summed E-state index contributed by atoms with van der Waals surface area (Å²) in [5, 5.41) is 9.12. The number of aromatic nitrogens is 2. The first-order valence-electron chi connectivity index (χ1n) is 6.24. The molecule has 0 aliphatic carbocycles. The summed E-state index contributed by atoms with van der Waals surface area (Å²) < 4.78 is 5.74. The number of anilines is 3. The highest BCUT2D eigenvalue weighted by Gasteiger charge is 2.37. The van der Waals surface area contributed by atoms with Gasteiger partial charge < -0.3 is 25.3 Å². The third kappa shape index (κ3) is 1.94. The van der Waals surface area contributed by atoms with E-state index in [1.807, 2.05) is 17.7 Å². The molecule has 1 aromatic rings. The zero-order valence-corrected chi connectivity index (χ0v) is 10.7. The van der Waals surface area contributed by atoms with Gasteiger partial charge in [-0.05, 0) is 12.8 Å². The van der Waals surface area contributed by atoms with Gasteiger partial charge in [-0.25, -0.2) is 0 Å². The van der Waals surface area contributed by atoms with Crippen LogP contribution in [0.4, 0.5) is 17.5 Å². The summed E-state index contributed by atoms with van der Waals surface area (Å²) in [5.41, 5.74) is 5.86. The number of aliphatic hydroxyl groups is 1. The quantitative estimate of drug-likeness (QED) is 0.530. The number of nitrogens with one attached hydrogen (secondary N) is 1. The van der Waals surface area contributed by atoms with E-state index in [4.69, 9.17) is 15.6 Å². The molecule has 4 N–H and O–H groups in total. The maximum absolute atomic E-state index is 11.9. The Hall–Kier alpha value is -1.74. The van der Waals surface area contributed by atoms with Gasteiger partial charge in [0.25, 0.3) is 5.56 Å². The molecule has 19 heavy (non-hydrogen) atoms. The number of aliphatic hydroxyl groups excluding tert-OH is 1. The van der Waals surface area contributed by atoms with Crippen LogP contribution in [0, 0.1) is 0 Å². The van der Waals surface area contributed by atoms with Crippen LogP contribution in [0.5, 0.6) is 0 Å². The topological polar surface area (TPSA) is 108 Å². The summed E-state index contributed by atoms with van der Waals surface area (Å²) >= 11 is 0. The molecule has 102 valence electrons. The maximum Gasteiger partial charge on any atom is 0.276 e. The predicted molar refractivity (Wildman–Crippen MR) is 72.6 cm³/mol. The highest BCUT2D eigenvalue weighted by atomic mass is 16.5. The van der Waals surface area contributed by atoms with Crippen molar-refractivity contribution in [3.63, 3.8) is 0 Å². The van der Waals surface area contributed by atoms with Crippen molar-refractivity contribution < 1.29 is 9.84 Å². The van der Waals surface area contributed by atoms with Crippen LogP contribution in [0.2, 0.25) is 0 Å². The number of ether oxygens (including phenoxy) is 1. The summed E-state index contributed by atoms with van der Waals surface area (Å²) in [5.74, 6) is 0.646. The van der Waals surface area contributed by atoms with Crippen LogP contribution in [-0.2, 0) is 4.74 Å². The van der Waals surface area contributed by atoms with Gasteiger partial charge in [0.15, 0.2) is 5.82 Å². The van der Waals surface area contributed by atoms with Crippen molar-refractivity contribution in [2.75, 3.05) is 28.7 Å². The van der Waals surface area contributed by atoms with E-state index in [1.165, 1.54) is 0 Å². The lowest BCUT2D eigenvalue weighted by Crippen LogP contribution is -2.38. The van der Waals surface area contributed by atoms with Crippen LogP contribution in [0.1, 0.15) is 12.8 Å². The third-order valence-corrected chi connectivity index (χ3v) is 3.55. The molecule has 2 atom stereocenters. The minimum Gasteiger partial charge on any atom is -0.398 e. The van der Waals surface area contributed by atoms with E-state index in [-0.39, 0.29) is 30.4 Å². The van der Waals surface area contributed by atoms with Gasteiger partial charge in [0.1, 0.15) is 11.9 Å². The van der Waals surface area contributed by atoms with Gasteiger partial charge in [-0.2, -0.15) is 4.98 Å². The van der Waals surface area contributed by atoms with Crippen LogP contribution in [-0.4, -0.2) is 48.7 Å². The second kappa shape index (κ2) is 4.43. The van der Waals surface area contributed by atoms with Gasteiger partial charge in [0, 0.05) is 0 Å². The second-order valence-electron chi connectivity index (χ2n) is 4.91. The molecular weight excluding hydrogens is 249 g/mol. The molecule has 0 unspecified atom stereocenters. The highest BCUT2D eigenvalue weighted by Crippen LogP contribution is 2.35. The Labute approximate surface area is 110 Å². The van der Waals surface area contributed by atoms with Crippen molar-refractivity contribution in [2.45, 2.75) is 25.2 Å². The van der Waals surface area contributed by atoms with E-state index in [1.54, 1.807) is 0 Å². The molecule has 0 bridgehead atoms. The van der Waals surface area contributed by atoms with Crippen molar-refractivity contribution >= 4 is 25.4 Å². The number of H-pyrrole nitrogens is 1. The highest BCUT2D eigenvalue weighted by molar-refractivity contribution is 6.20. The summed E-state index contributed by atoms with van der Waals surface area (Å²) in [6.45, 7) is 0.537. The number of aromatic amines is 1. The third-order valence-electron chi connectivity index (χ3n) is 3.55. The summed E-state index contributed by atoms with van der Waals surface area (Å²) in [6, 6.07) is 0. The average Bonchev–Trinajstić information content (AvgIpc) is 2.93. The number of fused-ring (bicyclic) bond motifs is 1. The molecule has 3 rings (SSSR count). The first kappa shape index (κ1) is 12.3. The number of hydrogen-bond donors (Lipinski definition) is 3. The van der Waals surface area contributed by atoms with Crippen molar-refractivity contribution in [1.29, 1.82) is 0 Å². The molecule has 3 heterocycles. The summed E-state index contributed by atoms with van der Waals surface area (Å²) in [7, 11) is 1.82. The van der Waals surface area contributed by atoms with Crippen molar-refractivity contribution in [3.05, 3.63) is 10.4 Å². The monoisotopic (exact) mass is 265 g/mol. The molecule has 0 aromatic carbocycles. The Balaban J connectivity index is 1.94. The molecule has 1 saturated heterocycles. The SMILES string of the molecule is BN1CN([C@H]2CC[C@@H](CO)O2)c2nc(N)[nH]c(=O)c21. The van der Waals surface area contributed by atoms with Crippen LogP contribution in [0.15, 0.2) is 4.79 Å². The van der Waals surface area contributed by atoms with Gasteiger partial charge in [-0.15, -0.1) is 0 Å². The van der Waals surface area contributed by atoms with Crippen molar-refractivity contribution in [3.8, 4) is 0 Å². The molecule has 0 radical (unpaired) electrons. The average molecular weight is 265 g/mol. The van der Waals surface area contributed by atoms with Gasteiger partial charge in [-0.3, -0.25) is 9.78 Å². The van der Waals surface area contributed by atoms with Crippen LogP contribution < -0.4 is 21.0 Å². The van der Waals surface area contributed by atoms with Crippen LogP contribution in [0.3, 0.4) is 0 Å². The van der Waals surface area contributed by atoms with Gasteiger partial charge in [0.05, 0.1) is 19.4 Å². The number of nitrogens with two attached hydrogens (primary N) is 1. The van der Waals surface area contributed by atoms with E-state index < -0.39 is 0 Å². The number of nitrogens with zero attached hydrogens (tertiary/aromatic N) is 3. The molecule has 1 aromatic heterocycles. The Kier molecular flexibility index (Phi) is 2.87. The number of nitrogen functional groups attached to an aromatic ring is 1. The Morgan fingerprint density at radius 1 is 1.58 bits per heavy atom. The maximum atomic E-state index is 11.9. The largest absolute Gasteiger partial charge is 0.398 e. The molecule has 1 fully saturated rings. The number of hydrogen-bond acceptors (Lipinski definition) is 7. The zero-order valence-electron chi connectivity index (χ0n) is 10.7. The normalized spacial score (nSPS) is 25.9. The molecular formula is C10H16BN5O3. The van der Waals surface area contributed by atoms with E-state index >= 15 is 0 Å². The minimum absolute atomic E-state index is 0.0119. The molecule has 0 amide bonds. The number of rotatable bonds is 2. The lowest BCUT2D eigenvalue weighted by molar-refractivity contribution is 0.0113. The Morgan fingerprint density at radius 3 is 3.05 bits per heavy atom. The fourth-order valence-corrected chi connectivity index (χ4v) is 2.66. The molecule has 0 spiro atoms. The summed E-state index contributed by atoms with van der Waals surface area (Å²) in [6.07, 6.45) is 1.29. The van der Waals surface area contributed by atoms with Gasteiger partial charge in [-0.1, -0.05) is 0 Å². The first-order valence-corrected chi connectivity index (χ1v) is 6.24. The van der Waals surface area contributed by atoms with Crippen molar-refractivity contribution in [2.24, 2.45) is 0 Å². The summed E-state index contributed by atoms with van der Waals surface area (Å²) in [4.78, 5) is 22.3. The fourth-order valence-electron chi connectivity index (χ4n) is 2.66. The Bertz CT molecular complexity index is 550. The molecule has 2 aliphatic rings. The first-order chi connectivity index (χ1) is 9.10. The molecule has 9 heteroatoms. The van der Waals surface area contributed by atoms with E-state index in [0.717, 1.165) is 12.8 Å². The Morgan fingerprint density at radius 2 is 2.37 bits per heavy atom. The molecule has 2 aliphatic heterocycles. The molecule has 0 saturated carbocycles. The van der Waals surface area contributed by atoms with E-state index in [2.05, 4.69) is 9.97 Å². The van der Waals surface area contributed by atoms with Gasteiger partial charge >= 0.3 is 0 Å². The zero-order chi connectivity index (χ0) is 13.6. The lowest BCUT2D eigenvalue weighted by atomic mass is 10.2. The standard InChI is InChI=1S/C10H16BN5O3/c11-16-4-15(6-2-1-5(3-17)19-6)8-7(16)9(18)14-10(12)13-8/h5-6,17H,1-4,11H2,(H3,12,13,14,18)/t5-,6+/m0/s1. The minimum atomic E-state index is -0.246. The lowest BCUT2D eigenvalue weighted by Gasteiger charge is -2.25.